The number of carbonyl (C=O) groups excluding carboxylic acids is 3. The Hall–Kier alpha value is -1.75. The highest BCUT2D eigenvalue weighted by molar-refractivity contribution is 5.69. The summed E-state index contributed by atoms with van der Waals surface area (Å²) in [6, 6.07) is 0. The van der Waals surface area contributed by atoms with Crippen molar-refractivity contribution >= 4 is 17.9 Å². The lowest BCUT2D eigenvalue weighted by Crippen LogP contribution is -2.65. The predicted molar refractivity (Wildman–Crippen MR) is 160 cm³/mol. The average Bonchev–Trinajstić information content (AvgIpc) is 3.37. The Morgan fingerprint density at radius 3 is 2.13 bits per heavy atom. The first-order valence-electron chi connectivity index (χ1n) is 17.5. The minimum atomic E-state index is -0.994. The molecule has 45 heavy (non-hydrogen) atoms. The van der Waals surface area contributed by atoms with E-state index >= 15 is 0 Å². The largest absolute Gasteiger partial charge is 0.469 e. The van der Waals surface area contributed by atoms with Crippen molar-refractivity contribution in [2.24, 2.45) is 46.3 Å². The molecule has 10 atom stereocenters. The SMILES string of the molecule is COC(=O)CCC(C)[C@H]1CC[C@H]2[C@@H]3[C@H](OC(C)=O)C[C@@H]4CC5(CC[C@]4(C)[C@H]3C[C@H](OC(C)=O)[C@]12C)OOC1(CCCCC1)OO5. The zero-order chi connectivity index (χ0) is 32.2. The molecule has 6 rings (SSSR count). The molecule has 254 valence electrons. The summed E-state index contributed by atoms with van der Waals surface area (Å²) < 4.78 is 17.4. The van der Waals surface area contributed by atoms with Gasteiger partial charge in [-0.3, -0.25) is 14.4 Å². The third kappa shape index (κ3) is 5.84. The summed E-state index contributed by atoms with van der Waals surface area (Å²) in [7, 11) is 1.43. The minimum Gasteiger partial charge on any atom is -0.469 e. The predicted octanol–water partition coefficient (Wildman–Crippen LogP) is 6.58. The lowest BCUT2D eigenvalue weighted by molar-refractivity contribution is -0.665. The fourth-order valence-corrected chi connectivity index (χ4v) is 11.1. The van der Waals surface area contributed by atoms with E-state index in [0.29, 0.717) is 32.1 Å². The first kappa shape index (κ1) is 33.2. The van der Waals surface area contributed by atoms with E-state index in [2.05, 4.69) is 20.8 Å². The molecule has 0 aromatic heterocycles. The Kier molecular flexibility index (Phi) is 9.11. The molecule has 5 saturated carbocycles. The minimum absolute atomic E-state index is 0.104. The van der Waals surface area contributed by atoms with Gasteiger partial charge in [-0.25, -0.2) is 0 Å². The van der Waals surface area contributed by atoms with Crippen molar-refractivity contribution in [3.63, 3.8) is 0 Å². The van der Waals surface area contributed by atoms with Gasteiger partial charge in [0.25, 0.3) is 0 Å². The summed E-state index contributed by atoms with van der Waals surface area (Å²) in [6.45, 7) is 9.89. The Morgan fingerprint density at radius 1 is 0.822 bits per heavy atom. The maximum atomic E-state index is 12.6. The van der Waals surface area contributed by atoms with Crippen LogP contribution in [0.3, 0.4) is 0 Å². The lowest BCUT2D eigenvalue weighted by Gasteiger charge is -2.65. The second kappa shape index (κ2) is 12.4. The maximum absolute atomic E-state index is 12.6. The van der Waals surface area contributed by atoms with Crippen molar-refractivity contribution in [3.8, 4) is 0 Å². The zero-order valence-electron chi connectivity index (χ0n) is 28.1. The summed E-state index contributed by atoms with van der Waals surface area (Å²) in [5.41, 5.74) is -0.404. The van der Waals surface area contributed by atoms with Gasteiger partial charge in [-0.1, -0.05) is 27.2 Å². The van der Waals surface area contributed by atoms with Gasteiger partial charge in [0.1, 0.15) is 12.2 Å². The number of methoxy groups -OCH3 is 1. The molecule has 1 unspecified atom stereocenters. The van der Waals surface area contributed by atoms with Gasteiger partial charge in [0, 0.05) is 57.3 Å². The normalized spacial score (nSPS) is 42.1. The van der Waals surface area contributed by atoms with Crippen LogP contribution < -0.4 is 0 Å². The van der Waals surface area contributed by atoms with E-state index in [1.165, 1.54) is 21.0 Å². The zero-order valence-corrected chi connectivity index (χ0v) is 28.1. The Bertz CT molecular complexity index is 1120. The summed E-state index contributed by atoms with van der Waals surface area (Å²) in [5, 5.41) is 0. The third-order valence-corrected chi connectivity index (χ3v) is 13.5. The molecule has 1 saturated heterocycles. The second-order valence-corrected chi connectivity index (χ2v) is 15.8. The number of carbonyl (C=O) groups is 3. The molecule has 0 aromatic carbocycles. The topological polar surface area (TPSA) is 116 Å². The van der Waals surface area contributed by atoms with Crippen LogP contribution in [-0.2, 0) is 48.1 Å². The van der Waals surface area contributed by atoms with Crippen molar-refractivity contribution in [3.05, 3.63) is 0 Å². The molecular weight excluding hydrogens is 580 g/mol. The average molecular weight is 635 g/mol. The van der Waals surface area contributed by atoms with Crippen molar-refractivity contribution in [2.45, 2.75) is 148 Å². The molecule has 6 fully saturated rings. The molecule has 10 nitrogen and oxygen atoms in total. The molecule has 2 spiro atoms. The van der Waals surface area contributed by atoms with Gasteiger partial charge >= 0.3 is 17.9 Å². The smallest absolute Gasteiger partial charge is 0.305 e. The second-order valence-electron chi connectivity index (χ2n) is 15.8. The number of hydrogen-bond donors (Lipinski definition) is 0. The molecule has 5 aliphatic carbocycles. The first-order valence-corrected chi connectivity index (χ1v) is 17.5. The molecule has 0 amide bonds. The Balaban J connectivity index is 1.28. The van der Waals surface area contributed by atoms with Crippen LogP contribution in [-0.4, -0.2) is 48.8 Å². The van der Waals surface area contributed by atoms with Crippen LogP contribution in [0.5, 0.6) is 0 Å². The van der Waals surface area contributed by atoms with Crippen molar-refractivity contribution in [1.82, 2.24) is 0 Å². The van der Waals surface area contributed by atoms with Gasteiger partial charge < -0.3 is 14.2 Å². The van der Waals surface area contributed by atoms with Crippen LogP contribution in [0.2, 0.25) is 0 Å². The summed E-state index contributed by atoms with van der Waals surface area (Å²) in [6.07, 6.45) is 10.7. The monoisotopic (exact) mass is 634 g/mol. The highest BCUT2D eigenvalue weighted by Gasteiger charge is 2.69. The molecule has 0 radical (unpaired) electrons. The van der Waals surface area contributed by atoms with Crippen LogP contribution in [0.1, 0.15) is 125 Å². The van der Waals surface area contributed by atoms with Gasteiger partial charge in [0.2, 0.25) is 11.6 Å². The highest BCUT2D eigenvalue weighted by Crippen LogP contribution is 2.70. The van der Waals surface area contributed by atoms with Gasteiger partial charge in [-0.05, 0) is 86.4 Å². The van der Waals surface area contributed by atoms with Crippen LogP contribution in [0.4, 0.5) is 0 Å². The molecule has 6 aliphatic rings. The quantitative estimate of drug-likeness (QED) is 0.180. The van der Waals surface area contributed by atoms with E-state index in [9.17, 15) is 14.4 Å². The van der Waals surface area contributed by atoms with E-state index in [1.54, 1.807) is 0 Å². The number of hydrogen-bond acceptors (Lipinski definition) is 10. The van der Waals surface area contributed by atoms with E-state index in [0.717, 1.165) is 57.8 Å². The van der Waals surface area contributed by atoms with Crippen molar-refractivity contribution in [2.75, 3.05) is 7.11 Å². The van der Waals surface area contributed by atoms with Crippen LogP contribution in [0.15, 0.2) is 0 Å². The summed E-state index contributed by atoms with van der Waals surface area (Å²) in [5.74, 6) is -1.37. The molecule has 1 heterocycles. The van der Waals surface area contributed by atoms with Crippen LogP contribution in [0.25, 0.3) is 0 Å². The number of fused-ring (bicyclic) bond motifs is 5. The van der Waals surface area contributed by atoms with Crippen LogP contribution >= 0.6 is 0 Å². The highest BCUT2D eigenvalue weighted by atomic mass is 17.4. The number of esters is 3. The molecule has 10 heteroatoms. The first-order chi connectivity index (χ1) is 21.3. The van der Waals surface area contributed by atoms with Gasteiger partial charge in [0.05, 0.1) is 7.11 Å². The number of rotatable bonds is 6. The van der Waals surface area contributed by atoms with Crippen molar-refractivity contribution in [1.29, 1.82) is 0 Å². The fourth-order valence-electron chi connectivity index (χ4n) is 11.1. The van der Waals surface area contributed by atoms with Gasteiger partial charge in [0.15, 0.2) is 0 Å². The van der Waals surface area contributed by atoms with E-state index in [4.69, 9.17) is 33.8 Å². The molecule has 0 aromatic rings. The Morgan fingerprint density at radius 2 is 1.49 bits per heavy atom. The molecule has 1 aliphatic heterocycles. The lowest BCUT2D eigenvalue weighted by atomic mass is 9.42. The third-order valence-electron chi connectivity index (χ3n) is 13.5. The maximum Gasteiger partial charge on any atom is 0.305 e. The summed E-state index contributed by atoms with van der Waals surface area (Å²) >= 11 is 0. The van der Waals surface area contributed by atoms with Gasteiger partial charge in [-0.15, -0.1) is 0 Å². The Labute approximate surface area is 267 Å². The fraction of sp³-hybridized carbons (Fsp3) is 0.914. The van der Waals surface area contributed by atoms with E-state index in [-0.39, 0.29) is 76.5 Å². The number of ether oxygens (including phenoxy) is 3. The standard InChI is InChI=1S/C35H54O10/c1-21(10-13-30(38)39-6)25-11-12-26-31-27(19-29(33(25,26)5)41-23(3)37)32(4)16-17-35(20-24(32)18-28(31)40-22(2)36)44-42-34(43-45-35)14-8-7-9-15-34/h21,24-29,31H,7-20H2,1-6H3/t21?,24-,25-,26+,27+,28-,29+,31+,32+,33-/m1/s1. The van der Waals surface area contributed by atoms with Crippen molar-refractivity contribution < 1.29 is 48.1 Å². The summed E-state index contributed by atoms with van der Waals surface area (Å²) in [4.78, 5) is 61.5. The van der Waals surface area contributed by atoms with E-state index in [1.807, 2.05) is 0 Å². The van der Waals surface area contributed by atoms with Crippen LogP contribution in [0, 0.1) is 46.3 Å². The molecule has 0 N–H and O–H groups in total. The van der Waals surface area contributed by atoms with E-state index < -0.39 is 11.6 Å². The van der Waals surface area contributed by atoms with Gasteiger partial charge in [-0.2, -0.15) is 19.6 Å². The molecule has 0 bridgehead atoms. The molecular formula is C35H54O10.